The second-order valence-electron chi connectivity index (χ2n) is 5.50. The van der Waals surface area contributed by atoms with Gasteiger partial charge in [0, 0.05) is 5.56 Å². The molecular formula is C21H17ClN2O. The summed E-state index contributed by atoms with van der Waals surface area (Å²) in [5.41, 5.74) is 2.57. The minimum absolute atomic E-state index is 0.447. The van der Waals surface area contributed by atoms with Gasteiger partial charge in [-0.3, -0.25) is 0 Å². The van der Waals surface area contributed by atoms with Crippen molar-refractivity contribution in [2.45, 2.75) is 12.6 Å². The summed E-state index contributed by atoms with van der Waals surface area (Å²) >= 11 is 6.19. The first kappa shape index (κ1) is 16.9. The molecule has 1 unspecified atom stereocenters. The Morgan fingerprint density at radius 3 is 2.36 bits per heavy atom. The van der Waals surface area contributed by atoms with Crippen LogP contribution < -0.4 is 10.1 Å². The molecule has 0 radical (unpaired) electrons. The SMILES string of the molecule is N#CC(Nc1ccccc1Cl)c1ccccc1OCc1ccccc1. The number of para-hydroxylation sites is 2. The van der Waals surface area contributed by atoms with Crippen LogP contribution in [0.4, 0.5) is 5.69 Å². The highest BCUT2D eigenvalue weighted by atomic mass is 35.5. The molecule has 4 heteroatoms. The third-order valence-electron chi connectivity index (χ3n) is 3.77. The van der Waals surface area contributed by atoms with Gasteiger partial charge in [0.2, 0.25) is 0 Å². The highest BCUT2D eigenvalue weighted by Gasteiger charge is 2.16. The van der Waals surface area contributed by atoms with Crippen LogP contribution in [0.1, 0.15) is 17.2 Å². The molecule has 0 aromatic heterocycles. The summed E-state index contributed by atoms with van der Waals surface area (Å²) < 4.78 is 5.95. The molecule has 0 spiro atoms. The van der Waals surface area contributed by atoms with Gasteiger partial charge in [-0.05, 0) is 23.8 Å². The topological polar surface area (TPSA) is 45.0 Å². The molecule has 3 aromatic carbocycles. The average Bonchev–Trinajstić information content (AvgIpc) is 2.67. The number of nitriles is 1. The van der Waals surface area contributed by atoms with Crippen LogP contribution in [0, 0.1) is 11.3 Å². The van der Waals surface area contributed by atoms with Gasteiger partial charge in [0.05, 0.1) is 16.8 Å². The lowest BCUT2D eigenvalue weighted by Crippen LogP contribution is -2.11. The second kappa shape index (κ2) is 8.23. The van der Waals surface area contributed by atoms with Crippen LogP contribution in [0.3, 0.4) is 0 Å². The predicted octanol–water partition coefficient (Wildman–Crippen LogP) is 5.60. The van der Waals surface area contributed by atoms with E-state index in [0.717, 1.165) is 11.1 Å². The van der Waals surface area contributed by atoms with Crippen molar-refractivity contribution in [2.24, 2.45) is 0 Å². The Bertz CT molecular complexity index is 874. The van der Waals surface area contributed by atoms with E-state index in [1.54, 1.807) is 6.07 Å². The fraction of sp³-hybridized carbons (Fsp3) is 0.0952. The van der Waals surface area contributed by atoms with Gasteiger partial charge in [-0.25, -0.2) is 0 Å². The molecule has 0 heterocycles. The lowest BCUT2D eigenvalue weighted by atomic mass is 10.1. The summed E-state index contributed by atoms with van der Waals surface area (Å²) in [4.78, 5) is 0. The molecule has 3 nitrogen and oxygen atoms in total. The Labute approximate surface area is 152 Å². The minimum atomic E-state index is -0.563. The van der Waals surface area contributed by atoms with Crippen LogP contribution in [-0.4, -0.2) is 0 Å². The monoisotopic (exact) mass is 348 g/mol. The van der Waals surface area contributed by atoms with Crippen LogP contribution in [-0.2, 0) is 6.61 Å². The Balaban J connectivity index is 1.81. The highest BCUT2D eigenvalue weighted by Crippen LogP contribution is 2.30. The maximum absolute atomic E-state index is 9.63. The number of anilines is 1. The first-order chi connectivity index (χ1) is 12.3. The van der Waals surface area contributed by atoms with Gasteiger partial charge in [0.25, 0.3) is 0 Å². The van der Waals surface area contributed by atoms with Gasteiger partial charge in [-0.15, -0.1) is 0 Å². The van der Waals surface area contributed by atoms with E-state index in [2.05, 4.69) is 11.4 Å². The third-order valence-corrected chi connectivity index (χ3v) is 4.10. The Morgan fingerprint density at radius 1 is 0.920 bits per heavy atom. The lowest BCUT2D eigenvalue weighted by molar-refractivity contribution is 0.302. The number of hydrogen-bond acceptors (Lipinski definition) is 3. The number of hydrogen-bond donors (Lipinski definition) is 1. The van der Waals surface area contributed by atoms with Crippen LogP contribution in [0.5, 0.6) is 5.75 Å². The van der Waals surface area contributed by atoms with E-state index in [4.69, 9.17) is 16.3 Å². The van der Waals surface area contributed by atoms with Crippen molar-refractivity contribution in [1.29, 1.82) is 5.26 Å². The van der Waals surface area contributed by atoms with Gasteiger partial charge in [-0.2, -0.15) is 5.26 Å². The number of ether oxygens (including phenoxy) is 1. The van der Waals surface area contributed by atoms with Crippen molar-refractivity contribution in [1.82, 2.24) is 0 Å². The molecule has 3 aromatic rings. The Hall–Kier alpha value is -2.96. The van der Waals surface area contributed by atoms with Gasteiger partial charge in [0.1, 0.15) is 18.4 Å². The molecule has 0 bridgehead atoms. The van der Waals surface area contributed by atoms with Crippen molar-refractivity contribution in [3.63, 3.8) is 0 Å². The number of nitrogens with zero attached hydrogens (tertiary/aromatic N) is 1. The summed E-state index contributed by atoms with van der Waals surface area (Å²) in [5, 5.41) is 13.4. The number of halogens is 1. The molecule has 0 aliphatic carbocycles. The number of benzene rings is 3. The van der Waals surface area contributed by atoms with E-state index >= 15 is 0 Å². The van der Waals surface area contributed by atoms with Crippen molar-refractivity contribution in [3.05, 3.63) is 95.0 Å². The zero-order valence-electron chi connectivity index (χ0n) is 13.5. The molecule has 0 aliphatic rings. The van der Waals surface area contributed by atoms with Crippen molar-refractivity contribution in [3.8, 4) is 11.8 Å². The predicted molar refractivity (Wildman–Crippen MR) is 101 cm³/mol. The molecule has 1 atom stereocenters. The van der Waals surface area contributed by atoms with Crippen LogP contribution in [0.15, 0.2) is 78.9 Å². The molecule has 0 saturated heterocycles. The number of nitrogens with one attached hydrogen (secondary N) is 1. The van der Waals surface area contributed by atoms with Crippen molar-refractivity contribution in [2.75, 3.05) is 5.32 Å². The van der Waals surface area contributed by atoms with Crippen LogP contribution >= 0.6 is 11.6 Å². The molecule has 0 aliphatic heterocycles. The highest BCUT2D eigenvalue weighted by molar-refractivity contribution is 6.33. The normalized spacial score (nSPS) is 11.4. The molecule has 124 valence electrons. The lowest BCUT2D eigenvalue weighted by Gasteiger charge is -2.18. The van der Waals surface area contributed by atoms with E-state index in [1.165, 1.54) is 0 Å². The maximum Gasteiger partial charge on any atom is 0.143 e. The van der Waals surface area contributed by atoms with Gasteiger partial charge in [0.15, 0.2) is 0 Å². The molecule has 25 heavy (non-hydrogen) atoms. The molecule has 0 amide bonds. The maximum atomic E-state index is 9.63. The fourth-order valence-electron chi connectivity index (χ4n) is 2.50. The summed E-state index contributed by atoms with van der Waals surface area (Å²) in [6.45, 7) is 0.447. The molecular weight excluding hydrogens is 332 g/mol. The third kappa shape index (κ3) is 4.32. The van der Waals surface area contributed by atoms with Gasteiger partial charge < -0.3 is 10.1 Å². The summed E-state index contributed by atoms with van der Waals surface area (Å²) in [5.74, 6) is 0.678. The molecule has 1 N–H and O–H groups in total. The van der Waals surface area contributed by atoms with Crippen molar-refractivity contribution < 1.29 is 4.74 Å². The van der Waals surface area contributed by atoms with Crippen LogP contribution in [0.2, 0.25) is 5.02 Å². The van der Waals surface area contributed by atoms with Crippen molar-refractivity contribution >= 4 is 17.3 Å². The molecule has 0 fully saturated rings. The fourth-order valence-corrected chi connectivity index (χ4v) is 2.69. The van der Waals surface area contributed by atoms with Crippen LogP contribution in [0.25, 0.3) is 0 Å². The quantitative estimate of drug-likeness (QED) is 0.631. The van der Waals surface area contributed by atoms with E-state index < -0.39 is 6.04 Å². The zero-order chi connectivity index (χ0) is 17.5. The second-order valence-corrected chi connectivity index (χ2v) is 5.91. The summed E-state index contributed by atoms with van der Waals surface area (Å²) in [7, 11) is 0. The smallest absolute Gasteiger partial charge is 0.143 e. The largest absolute Gasteiger partial charge is 0.489 e. The van der Waals surface area contributed by atoms with E-state index in [1.807, 2.05) is 72.8 Å². The first-order valence-electron chi connectivity index (χ1n) is 7.94. The van der Waals surface area contributed by atoms with Gasteiger partial charge in [-0.1, -0.05) is 72.3 Å². The average molecular weight is 349 g/mol. The first-order valence-corrected chi connectivity index (χ1v) is 8.32. The van der Waals surface area contributed by atoms with E-state index in [0.29, 0.717) is 23.1 Å². The van der Waals surface area contributed by atoms with E-state index in [9.17, 15) is 5.26 Å². The standard InChI is InChI=1S/C21H17ClN2O/c22-18-11-5-6-12-19(18)24-20(14-23)17-10-4-7-13-21(17)25-15-16-8-2-1-3-9-16/h1-13,20,24H,15H2. The molecule has 0 saturated carbocycles. The zero-order valence-corrected chi connectivity index (χ0v) is 14.3. The number of rotatable bonds is 6. The summed E-state index contributed by atoms with van der Waals surface area (Å²) in [6.07, 6.45) is 0. The molecule has 3 rings (SSSR count). The van der Waals surface area contributed by atoms with E-state index in [-0.39, 0.29) is 0 Å². The summed E-state index contributed by atoms with van der Waals surface area (Å²) in [6, 6.07) is 26.6. The Kier molecular flexibility index (Phi) is 5.56. The minimum Gasteiger partial charge on any atom is -0.489 e. The van der Waals surface area contributed by atoms with Gasteiger partial charge >= 0.3 is 0 Å². The Morgan fingerprint density at radius 2 is 1.60 bits per heavy atom.